The first kappa shape index (κ1) is 16.3. The Bertz CT molecular complexity index is 878. The van der Waals surface area contributed by atoms with Crippen LogP contribution in [0.15, 0.2) is 47.4 Å². The summed E-state index contributed by atoms with van der Waals surface area (Å²) >= 11 is 0. The highest BCUT2D eigenvalue weighted by Crippen LogP contribution is 2.25. The molecular weight excluding hydrogens is 326 g/mol. The molecule has 0 aliphatic heterocycles. The molecule has 0 saturated carbocycles. The van der Waals surface area contributed by atoms with Gasteiger partial charge in [-0.25, -0.2) is 13.2 Å². The number of aryl methyl sites for hydroxylation is 2. The standard InChI is InChI=1S/C17H19N3O3S/c18-17(21)19-14-6-3-7-15(11-14)20-24(22,23)16-9-8-12-4-1-2-5-13(12)10-16/h3,6-11,20H,1-2,4-5H2,(H3,18,19,21). The highest BCUT2D eigenvalue weighted by Gasteiger charge is 2.18. The molecule has 0 unspecified atom stereocenters. The van der Waals surface area contributed by atoms with Gasteiger partial charge in [0.15, 0.2) is 0 Å². The van der Waals surface area contributed by atoms with Crippen LogP contribution in [0.25, 0.3) is 0 Å². The summed E-state index contributed by atoms with van der Waals surface area (Å²) in [5, 5.41) is 2.42. The summed E-state index contributed by atoms with van der Waals surface area (Å²) in [6, 6.07) is 11.0. The number of carbonyl (C=O) groups excluding carboxylic acids is 1. The topological polar surface area (TPSA) is 101 Å². The van der Waals surface area contributed by atoms with Crippen LogP contribution in [-0.2, 0) is 22.9 Å². The molecule has 2 aromatic carbocycles. The number of nitrogens with one attached hydrogen (secondary N) is 2. The van der Waals surface area contributed by atoms with E-state index in [2.05, 4.69) is 10.0 Å². The van der Waals surface area contributed by atoms with E-state index in [0.29, 0.717) is 11.4 Å². The average Bonchev–Trinajstić information content (AvgIpc) is 2.53. The number of amides is 2. The van der Waals surface area contributed by atoms with Crippen molar-refractivity contribution in [2.24, 2.45) is 5.73 Å². The molecule has 0 saturated heterocycles. The van der Waals surface area contributed by atoms with Crippen LogP contribution in [-0.4, -0.2) is 14.4 Å². The summed E-state index contributed by atoms with van der Waals surface area (Å²) in [5.74, 6) is 0. The van der Waals surface area contributed by atoms with Crippen molar-refractivity contribution in [2.45, 2.75) is 30.6 Å². The van der Waals surface area contributed by atoms with E-state index in [1.807, 2.05) is 6.07 Å². The van der Waals surface area contributed by atoms with Gasteiger partial charge in [-0.1, -0.05) is 12.1 Å². The fourth-order valence-electron chi connectivity index (χ4n) is 2.89. The zero-order valence-electron chi connectivity index (χ0n) is 13.1. The van der Waals surface area contributed by atoms with Gasteiger partial charge < -0.3 is 11.1 Å². The zero-order chi connectivity index (χ0) is 17.2. The first-order valence-electron chi connectivity index (χ1n) is 7.75. The van der Waals surface area contributed by atoms with Gasteiger partial charge in [-0.05, 0) is 67.1 Å². The predicted molar refractivity (Wildman–Crippen MR) is 93.5 cm³/mol. The Kier molecular flexibility index (Phi) is 4.44. The fourth-order valence-corrected chi connectivity index (χ4v) is 3.99. The Morgan fingerprint density at radius 1 is 0.958 bits per heavy atom. The van der Waals surface area contributed by atoms with Crippen LogP contribution in [0, 0.1) is 0 Å². The van der Waals surface area contributed by atoms with E-state index < -0.39 is 16.1 Å². The highest BCUT2D eigenvalue weighted by molar-refractivity contribution is 7.92. The van der Waals surface area contributed by atoms with Crippen molar-refractivity contribution in [3.63, 3.8) is 0 Å². The molecule has 0 radical (unpaired) electrons. The van der Waals surface area contributed by atoms with Gasteiger partial charge in [0.25, 0.3) is 10.0 Å². The summed E-state index contributed by atoms with van der Waals surface area (Å²) < 4.78 is 27.7. The van der Waals surface area contributed by atoms with Crippen LogP contribution < -0.4 is 15.8 Å². The van der Waals surface area contributed by atoms with E-state index >= 15 is 0 Å². The van der Waals surface area contributed by atoms with Crippen LogP contribution in [0.4, 0.5) is 16.2 Å². The third kappa shape index (κ3) is 3.68. The molecule has 0 atom stereocenters. The van der Waals surface area contributed by atoms with E-state index in [0.717, 1.165) is 31.2 Å². The second kappa shape index (κ2) is 6.52. The van der Waals surface area contributed by atoms with E-state index in [9.17, 15) is 13.2 Å². The molecule has 4 N–H and O–H groups in total. The van der Waals surface area contributed by atoms with E-state index in [-0.39, 0.29) is 4.90 Å². The molecule has 3 rings (SSSR count). The van der Waals surface area contributed by atoms with E-state index in [1.54, 1.807) is 30.3 Å². The second-order valence-corrected chi connectivity index (χ2v) is 7.50. The number of sulfonamides is 1. The number of rotatable bonds is 4. The largest absolute Gasteiger partial charge is 0.351 e. The second-order valence-electron chi connectivity index (χ2n) is 5.81. The van der Waals surface area contributed by atoms with Crippen molar-refractivity contribution in [3.05, 3.63) is 53.6 Å². The predicted octanol–water partition coefficient (Wildman–Crippen LogP) is 2.86. The molecule has 1 aliphatic carbocycles. The number of hydrogen-bond acceptors (Lipinski definition) is 3. The van der Waals surface area contributed by atoms with Crippen LogP contribution >= 0.6 is 0 Å². The van der Waals surface area contributed by atoms with Crippen molar-refractivity contribution in [1.29, 1.82) is 0 Å². The number of hydrogen-bond donors (Lipinski definition) is 3. The highest BCUT2D eigenvalue weighted by atomic mass is 32.2. The fraction of sp³-hybridized carbons (Fsp3) is 0.235. The Labute approximate surface area is 141 Å². The summed E-state index contributed by atoms with van der Waals surface area (Å²) in [4.78, 5) is 11.1. The number of primary amides is 1. The Hall–Kier alpha value is -2.54. The van der Waals surface area contributed by atoms with Crippen molar-refractivity contribution < 1.29 is 13.2 Å². The van der Waals surface area contributed by atoms with Gasteiger partial charge in [0, 0.05) is 5.69 Å². The Morgan fingerprint density at radius 3 is 2.42 bits per heavy atom. The SMILES string of the molecule is NC(=O)Nc1cccc(NS(=O)(=O)c2ccc3c(c2)CCCC3)c1. The zero-order valence-corrected chi connectivity index (χ0v) is 13.9. The lowest BCUT2D eigenvalue weighted by atomic mass is 9.92. The average molecular weight is 345 g/mol. The van der Waals surface area contributed by atoms with E-state index in [1.165, 1.54) is 11.6 Å². The molecule has 0 aromatic heterocycles. The Balaban J connectivity index is 1.85. The van der Waals surface area contributed by atoms with Crippen LogP contribution in [0.3, 0.4) is 0 Å². The van der Waals surface area contributed by atoms with Crippen molar-refractivity contribution >= 4 is 27.4 Å². The van der Waals surface area contributed by atoms with Gasteiger partial charge in [-0.15, -0.1) is 0 Å². The minimum absolute atomic E-state index is 0.247. The molecule has 6 nitrogen and oxygen atoms in total. The van der Waals surface area contributed by atoms with Crippen molar-refractivity contribution in [1.82, 2.24) is 0 Å². The normalized spacial score (nSPS) is 13.8. The van der Waals surface area contributed by atoms with Gasteiger partial charge in [0.2, 0.25) is 0 Å². The monoisotopic (exact) mass is 345 g/mol. The van der Waals surface area contributed by atoms with E-state index in [4.69, 9.17) is 5.73 Å². The van der Waals surface area contributed by atoms with Crippen molar-refractivity contribution in [2.75, 3.05) is 10.0 Å². The number of benzene rings is 2. The minimum atomic E-state index is -3.69. The quantitative estimate of drug-likeness (QED) is 0.794. The van der Waals surface area contributed by atoms with Gasteiger partial charge in [0.1, 0.15) is 0 Å². The van der Waals surface area contributed by atoms with Crippen molar-refractivity contribution in [3.8, 4) is 0 Å². The molecule has 7 heteroatoms. The molecular formula is C17H19N3O3S. The molecule has 126 valence electrons. The van der Waals surface area contributed by atoms with Crippen LogP contribution in [0.1, 0.15) is 24.0 Å². The summed E-state index contributed by atoms with van der Waals surface area (Å²) in [5.41, 5.74) is 8.19. The third-order valence-electron chi connectivity index (χ3n) is 4.01. The third-order valence-corrected chi connectivity index (χ3v) is 5.39. The maximum Gasteiger partial charge on any atom is 0.316 e. The van der Waals surface area contributed by atoms with Crippen LogP contribution in [0.2, 0.25) is 0 Å². The number of carbonyl (C=O) groups is 1. The number of fused-ring (bicyclic) bond motifs is 1. The molecule has 1 aliphatic rings. The number of nitrogens with two attached hydrogens (primary N) is 1. The molecule has 24 heavy (non-hydrogen) atoms. The summed E-state index contributed by atoms with van der Waals surface area (Å²) in [7, 11) is -3.69. The number of anilines is 2. The molecule has 0 spiro atoms. The minimum Gasteiger partial charge on any atom is -0.351 e. The van der Waals surface area contributed by atoms with Crippen LogP contribution in [0.5, 0.6) is 0 Å². The lowest BCUT2D eigenvalue weighted by molar-refractivity contribution is 0.259. The Morgan fingerprint density at radius 2 is 1.67 bits per heavy atom. The van der Waals surface area contributed by atoms with Gasteiger partial charge >= 0.3 is 6.03 Å². The maximum absolute atomic E-state index is 12.6. The number of urea groups is 1. The smallest absolute Gasteiger partial charge is 0.316 e. The lowest BCUT2D eigenvalue weighted by Crippen LogP contribution is -2.19. The lowest BCUT2D eigenvalue weighted by Gasteiger charge is -2.17. The van der Waals surface area contributed by atoms with Gasteiger partial charge in [0.05, 0.1) is 10.6 Å². The molecule has 2 aromatic rings. The maximum atomic E-state index is 12.6. The first-order valence-corrected chi connectivity index (χ1v) is 9.23. The molecule has 0 heterocycles. The van der Waals surface area contributed by atoms with Gasteiger partial charge in [-0.2, -0.15) is 0 Å². The van der Waals surface area contributed by atoms with Gasteiger partial charge in [-0.3, -0.25) is 4.72 Å². The first-order chi connectivity index (χ1) is 11.4. The summed E-state index contributed by atoms with van der Waals surface area (Å²) in [6.45, 7) is 0. The molecule has 0 fully saturated rings. The summed E-state index contributed by atoms with van der Waals surface area (Å²) in [6.07, 6.45) is 4.16. The molecule has 2 amide bonds. The molecule has 0 bridgehead atoms.